The van der Waals surface area contributed by atoms with Crippen molar-refractivity contribution in [2.24, 2.45) is 17.6 Å². The van der Waals surface area contributed by atoms with E-state index in [2.05, 4.69) is 20.8 Å². The predicted octanol–water partition coefficient (Wildman–Crippen LogP) is 4.48. The minimum atomic E-state index is 0.826. The van der Waals surface area contributed by atoms with Crippen LogP contribution in [-0.2, 0) is 0 Å². The first-order chi connectivity index (χ1) is 7.10. The first-order valence-corrected chi connectivity index (χ1v) is 6.50. The summed E-state index contributed by atoms with van der Waals surface area (Å²) < 4.78 is 0. The van der Waals surface area contributed by atoms with Crippen molar-refractivity contribution < 1.29 is 0 Å². The highest BCUT2D eigenvalue weighted by Crippen LogP contribution is 2.18. The molecule has 15 heavy (non-hydrogen) atoms. The largest absolute Gasteiger partial charge is 0.402 e. The van der Waals surface area contributed by atoms with E-state index in [1.165, 1.54) is 32.1 Å². The molecule has 0 bridgehead atoms. The van der Waals surface area contributed by atoms with E-state index in [4.69, 9.17) is 5.73 Å². The van der Waals surface area contributed by atoms with E-state index >= 15 is 0 Å². The Labute approximate surface area is 96.1 Å². The van der Waals surface area contributed by atoms with Gasteiger partial charge in [0, 0.05) is 5.70 Å². The van der Waals surface area contributed by atoms with Crippen molar-refractivity contribution in [3.8, 4) is 0 Å². The van der Waals surface area contributed by atoms with E-state index in [9.17, 15) is 0 Å². The Morgan fingerprint density at radius 3 is 2.27 bits per heavy atom. The lowest BCUT2D eigenvalue weighted by Crippen LogP contribution is -2.02. The summed E-state index contributed by atoms with van der Waals surface area (Å²) in [5, 5.41) is 0. The second kappa shape index (κ2) is 8.82. The SMILES string of the molecule is C/C=C(\N)CCC(C)CCCC(C)CC. The molecule has 0 heterocycles. The molecule has 0 amide bonds. The number of nitrogens with two attached hydrogens (primary N) is 1. The molecule has 1 heteroatoms. The van der Waals surface area contributed by atoms with Gasteiger partial charge in [0.25, 0.3) is 0 Å². The minimum Gasteiger partial charge on any atom is -0.402 e. The van der Waals surface area contributed by atoms with Crippen molar-refractivity contribution in [3.05, 3.63) is 11.8 Å². The Hall–Kier alpha value is -0.460. The molecule has 0 saturated heterocycles. The van der Waals surface area contributed by atoms with Gasteiger partial charge in [-0.2, -0.15) is 0 Å². The normalized spacial score (nSPS) is 16.4. The molecule has 0 aromatic carbocycles. The Kier molecular flexibility index (Phi) is 8.55. The van der Waals surface area contributed by atoms with Crippen molar-refractivity contribution in [1.82, 2.24) is 0 Å². The van der Waals surface area contributed by atoms with E-state index in [1.807, 2.05) is 13.0 Å². The average Bonchev–Trinajstić information content (AvgIpc) is 2.25. The molecular formula is C14H29N. The molecule has 0 spiro atoms. The molecular weight excluding hydrogens is 182 g/mol. The Morgan fingerprint density at radius 1 is 1.13 bits per heavy atom. The van der Waals surface area contributed by atoms with Gasteiger partial charge in [-0.05, 0) is 31.6 Å². The van der Waals surface area contributed by atoms with Crippen LogP contribution in [0.5, 0.6) is 0 Å². The third-order valence-electron chi connectivity index (χ3n) is 3.39. The average molecular weight is 211 g/mol. The Bertz CT molecular complexity index is 172. The molecule has 90 valence electrons. The van der Waals surface area contributed by atoms with E-state index in [1.54, 1.807) is 0 Å². The van der Waals surface area contributed by atoms with Crippen molar-refractivity contribution in [3.63, 3.8) is 0 Å². The summed E-state index contributed by atoms with van der Waals surface area (Å²) in [5.41, 5.74) is 6.83. The maximum absolute atomic E-state index is 5.78. The van der Waals surface area contributed by atoms with Crippen LogP contribution in [-0.4, -0.2) is 0 Å². The topological polar surface area (TPSA) is 26.0 Å². The number of hydrogen-bond acceptors (Lipinski definition) is 1. The predicted molar refractivity (Wildman–Crippen MR) is 69.6 cm³/mol. The standard InChI is InChI=1S/C14H29N/c1-5-12(3)8-7-9-13(4)10-11-14(15)6-2/h6,12-13H,5,7-11,15H2,1-4H3/b14-6-. The zero-order valence-electron chi connectivity index (χ0n) is 11.1. The molecule has 0 aliphatic heterocycles. The van der Waals surface area contributed by atoms with Crippen LogP contribution in [0.15, 0.2) is 11.8 Å². The lowest BCUT2D eigenvalue weighted by atomic mass is 9.94. The second-order valence-electron chi connectivity index (χ2n) is 4.95. The summed E-state index contributed by atoms with van der Waals surface area (Å²) in [6, 6.07) is 0. The zero-order valence-corrected chi connectivity index (χ0v) is 11.1. The van der Waals surface area contributed by atoms with E-state index < -0.39 is 0 Å². The highest BCUT2D eigenvalue weighted by Gasteiger charge is 2.04. The van der Waals surface area contributed by atoms with Crippen LogP contribution in [0, 0.1) is 11.8 Å². The number of rotatable bonds is 8. The lowest BCUT2D eigenvalue weighted by molar-refractivity contribution is 0.418. The first kappa shape index (κ1) is 14.5. The molecule has 0 aromatic rings. The third-order valence-corrected chi connectivity index (χ3v) is 3.39. The van der Waals surface area contributed by atoms with Gasteiger partial charge in [-0.1, -0.05) is 52.5 Å². The van der Waals surface area contributed by atoms with Crippen LogP contribution in [0.25, 0.3) is 0 Å². The minimum absolute atomic E-state index is 0.826. The molecule has 2 atom stereocenters. The van der Waals surface area contributed by atoms with Crippen LogP contribution in [0.4, 0.5) is 0 Å². The quantitative estimate of drug-likeness (QED) is 0.629. The van der Waals surface area contributed by atoms with Gasteiger partial charge in [0.2, 0.25) is 0 Å². The first-order valence-electron chi connectivity index (χ1n) is 6.50. The summed E-state index contributed by atoms with van der Waals surface area (Å²) in [7, 11) is 0. The van der Waals surface area contributed by atoms with Gasteiger partial charge in [0.1, 0.15) is 0 Å². The number of allylic oxidation sites excluding steroid dienone is 2. The van der Waals surface area contributed by atoms with Gasteiger partial charge in [0.05, 0.1) is 0 Å². The van der Waals surface area contributed by atoms with Crippen LogP contribution in [0.3, 0.4) is 0 Å². The molecule has 2 N–H and O–H groups in total. The fraction of sp³-hybridized carbons (Fsp3) is 0.857. The summed E-state index contributed by atoms with van der Waals surface area (Å²) in [4.78, 5) is 0. The summed E-state index contributed by atoms with van der Waals surface area (Å²) in [6.45, 7) is 8.99. The summed E-state index contributed by atoms with van der Waals surface area (Å²) in [5.74, 6) is 1.73. The Balaban J connectivity index is 3.45. The maximum Gasteiger partial charge on any atom is 0.00372 e. The second-order valence-corrected chi connectivity index (χ2v) is 4.95. The molecule has 2 unspecified atom stereocenters. The van der Waals surface area contributed by atoms with Gasteiger partial charge in [-0.25, -0.2) is 0 Å². The summed E-state index contributed by atoms with van der Waals surface area (Å²) >= 11 is 0. The third kappa shape index (κ3) is 8.53. The molecule has 0 radical (unpaired) electrons. The van der Waals surface area contributed by atoms with E-state index in [0.717, 1.165) is 24.0 Å². The van der Waals surface area contributed by atoms with Gasteiger partial charge in [-0.3, -0.25) is 0 Å². The molecule has 0 saturated carbocycles. The van der Waals surface area contributed by atoms with Gasteiger partial charge in [-0.15, -0.1) is 0 Å². The maximum atomic E-state index is 5.78. The fourth-order valence-corrected chi connectivity index (χ4v) is 1.72. The van der Waals surface area contributed by atoms with Gasteiger partial charge in [0.15, 0.2) is 0 Å². The van der Waals surface area contributed by atoms with E-state index in [-0.39, 0.29) is 0 Å². The summed E-state index contributed by atoms with van der Waals surface area (Å²) in [6.07, 6.45) is 9.79. The number of hydrogen-bond donors (Lipinski definition) is 1. The molecule has 1 nitrogen and oxygen atoms in total. The van der Waals surface area contributed by atoms with Crippen LogP contribution in [0.2, 0.25) is 0 Å². The highest BCUT2D eigenvalue weighted by molar-refractivity contribution is 4.93. The Morgan fingerprint density at radius 2 is 1.73 bits per heavy atom. The molecule has 0 rings (SSSR count). The van der Waals surface area contributed by atoms with Crippen molar-refractivity contribution in [1.29, 1.82) is 0 Å². The van der Waals surface area contributed by atoms with Crippen molar-refractivity contribution in [2.75, 3.05) is 0 Å². The van der Waals surface area contributed by atoms with Crippen LogP contribution in [0.1, 0.15) is 66.2 Å². The molecule has 0 aliphatic carbocycles. The van der Waals surface area contributed by atoms with Crippen molar-refractivity contribution in [2.45, 2.75) is 66.2 Å². The molecule has 0 aliphatic rings. The van der Waals surface area contributed by atoms with Crippen molar-refractivity contribution >= 4 is 0 Å². The van der Waals surface area contributed by atoms with E-state index in [0.29, 0.717) is 0 Å². The highest BCUT2D eigenvalue weighted by atomic mass is 14.6. The lowest BCUT2D eigenvalue weighted by Gasteiger charge is -2.13. The van der Waals surface area contributed by atoms with Crippen LogP contribution < -0.4 is 5.73 Å². The fourth-order valence-electron chi connectivity index (χ4n) is 1.72. The molecule has 0 aromatic heterocycles. The van der Waals surface area contributed by atoms with Gasteiger partial charge >= 0.3 is 0 Å². The monoisotopic (exact) mass is 211 g/mol. The zero-order chi connectivity index (χ0) is 11.7. The smallest absolute Gasteiger partial charge is 0.00372 e. The van der Waals surface area contributed by atoms with Gasteiger partial charge < -0.3 is 5.73 Å². The van der Waals surface area contributed by atoms with Crippen LogP contribution >= 0.6 is 0 Å². The molecule has 0 fully saturated rings.